The van der Waals surface area contributed by atoms with Gasteiger partial charge in [-0.3, -0.25) is 4.98 Å². The van der Waals surface area contributed by atoms with E-state index in [0.717, 1.165) is 39.0 Å². The third-order valence-corrected chi connectivity index (χ3v) is 9.80. The van der Waals surface area contributed by atoms with Gasteiger partial charge in [-0.15, -0.1) is 35.4 Å². The molecule has 0 unspecified atom stereocenters. The van der Waals surface area contributed by atoms with Crippen LogP contribution in [0, 0.1) is 26.0 Å². The summed E-state index contributed by atoms with van der Waals surface area (Å²) in [6.45, 7) is 4.70. The Morgan fingerprint density at radius 1 is 0.691 bits per heavy atom. The van der Waals surface area contributed by atoms with Crippen molar-refractivity contribution in [3.05, 3.63) is 174 Å². The summed E-state index contributed by atoms with van der Waals surface area (Å²) >= 11 is 0. The van der Waals surface area contributed by atoms with E-state index in [9.17, 15) is 0 Å². The SMILES string of the molecule is CC(C)c1cccc(C(C)C)c1-n1c(-c2[c-]oc3ccc(-c4ccc5ccccc5c4)cc23)nc2ccccc21.[2H]C([2H])([2H])c1c[c-]c(-c2ccc(C([2H])([2H])[2H])cn2)cc1.[Ir]. The molecular formula is C50H43IrN3O-2. The van der Waals surface area contributed by atoms with Crippen molar-refractivity contribution in [1.82, 2.24) is 14.5 Å². The van der Waals surface area contributed by atoms with Crippen molar-refractivity contribution in [2.75, 3.05) is 0 Å². The fourth-order valence-corrected chi connectivity index (χ4v) is 7.02. The van der Waals surface area contributed by atoms with Crippen LogP contribution in [0.4, 0.5) is 0 Å². The molecule has 3 aromatic heterocycles. The van der Waals surface area contributed by atoms with Crippen LogP contribution in [0.2, 0.25) is 0 Å². The van der Waals surface area contributed by atoms with Crippen LogP contribution in [0.25, 0.3) is 72.2 Å². The van der Waals surface area contributed by atoms with Gasteiger partial charge in [0.15, 0.2) is 0 Å². The van der Waals surface area contributed by atoms with Gasteiger partial charge in [0.25, 0.3) is 0 Å². The normalized spacial score (nSPS) is 13.3. The largest absolute Gasteiger partial charge is 0.557 e. The number of rotatable bonds is 6. The number of aryl methyl sites for hydroxylation is 2. The van der Waals surface area contributed by atoms with Crippen LogP contribution in [0.1, 0.15) is 70.0 Å². The molecule has 0 N–H and O–H groups in total. The third kappa shape index (κ3) is 7.56. The number of pyridine rings is 1. The summed E-state index contributed by atoms with van der Waals surface area (Å²) in [6, 6.07) is 47.0. The topological polar surface area (TPSA) is 43.9 Å². The molecule has 9 rings (SSSR count). The summed E-state index contributed by atoms with van der Waals surface area (Å²) in [7, 11) is 0. The van der Waals surface area contributed by atoms with E-state index >= 15 is 0 Å². The molecule has 5 heteroatoms. The van der Waals surface area contributed by atoms with E-state index in [2.05, 4.69) is 153 Å². The Labute approximate surface area is 345 Å². The molecule has 0 saturated heterocycles. The van der Waals surface area contributed by atoms with Crippen LogP contribution in [-0.2, 0) is 20.1 Å². The first-order valence-corrected chi connectivity index (χ1v) is 18.2. The van der Waals surface area contributed by atoms with E-state index < -0.39 is 13.7 Å². The van der Waals surface area contributed by atoms with Crippen molar-refractivity contribution < 1.29 is 32.7 Å². The molecule has 1 radical (unpaired) electrons. The zero-order valence-corrected chi connectivity index (χ0v) is 33.4. The van der Waals surface area contributed by atoms with Crippen LogP contribution < -0.4 is 0 Å². The van der Waals surface area contributed by atoms with E-state index in [4.69, 9.17) is 17.6 Å². The van der Waals surface area contributed by atoms with Crippen LogP contribution in [0.5, 0.6) is 0 Å². The van der Waals surface area contributed by atoms with Crippen molar-refractivity contribution in [2.45, 2.75) is 53.2 Å². The molecule has 3 heterocycles. The van der Waals surface area contributed by atoms with Gasteiger partial charge in [0.1, 0.15) is 0 Å². The Morgan fingerprint density at radius 3 is 2.11 bits per heavy atom. The van der Waals surface area contributed by atoms with E-state index in [1.807, 2.05) is 0 Å². The van der Waals surface area contributed by atoms with Gasteiger partial charge in [0, 0.05) is 52.1 Å². The molecule has 0 spiro atoms. The third-order valence-electron chi connectivity index (χ3n) is 9.80. The van der Waals surface area contributed by atoms with Crippen LogP contribution in [-0.4, -0.2) is 14.5 Å². The molecule has 4 nitrogen and oxygen atoms in total. The summed E-state index contributed by atoms with van der Waals surface area (Å²) in [6.07, 6.45) is 4.55. The monoisotopic (exact) mass is 900 g/mol. The minimum absolute atomic E-state index is 0. The average Bonchev–Trinajstić information content (AvgIpc) is 3.84. The summed E-state index contributed by atoms with van der Waals surface area (Å²) in [5.41, 5.74) is 11.4. The van der Waals surface area contributed by atoms with Gasteiger partial charge < -0.3 is 14.0 Å². The minimum atomic E-state index is -2.18. The second kappa shape index (κ2) is 16.0. The molecule has 0 aliphatic rings. The Morgan fingerprint density at radius 2 is 1.40 bits per heavy atom. The van der Waals surface area contributed by atoms with Gasteiger partial charge in [-0.25, -0.2) is 0 Å². The fourth-order valence-electron chi connectivity index (χ4n) is 7.02. The number of hydrogen-bond acceptors (Lipinski definition) is 3. The van der Waals surface area contributed by atoms with Crippen molar-refractivity contribution in [3.8, 4) is 39.5 Å². The molecule has 6 aromatic carbocycles. The average molecular weight is 900 g/mol. The molecule has 0 amide bonds. The number of aromatic nitrogens is 3. The summed E-state index contributed by atoms with van der Waals surface area (Å²) in [5.74, 6) is 1.56. The minimum Gasteiger partial charge on any atom is -0.557 e. The fraction of sp³-hybridized carbons (Fsp3) is 0.160. The van der Waals surface area contributed by atoms with Gasteiger partial charge in [0.2, 0.25) is 0 Å². The van der Waals surface area contributed by atoms with Crippen molar-refractivity contribution in [1.29, 1.82) is 0 Å². The molecule has 0 fully saturated rings. The van der Waals surface area contributed by atoms with E-state index in [0.29, 0.717) is 23.1 Å². The molecule has 0 bridgehead atoms. The van der Waals surface area contributed by atoms with Gasteiger partial charge >= 0.3 is 0 Å². The summed E-state index contributed by atoms with van der Waals surface area (Å²) in [5, 5.41) is 3.48. The van der Waals surface area contributed by atoms with Crippen molar-refractivity contribution >= 4 is 32.8 Å². The van der Waals surface area contributed by atoms with Gasteiger partial charge in [0.05, 0.1) is 16.9 Å². The van der Waals surface area contributed by atoms with Crippen LogP contribution in [0.15, 0.2) is 144 Å². The van der Waals surface area contributed by atoms with Gasteiger partial charge in [-0.05, 0) is 81.2 Å². The first-order valence-electron chi connectivity index (χ1n) is 21.2. The molecule has 275 valence electrons. The number of hydrogen-bond donors (Lipinski definition) is 0. The second-order valence-corrected chi connectivity index (χ2v) is 14.1. The predicted molar refractivity (Wildman–Crippen MR) is 224 cm³/mol. The van der Waals surface area contributed by atoms with Crippen LogP contribution >= 0.6 is 0 Å². The zero-order chi connectivity index (χ0) is 42.3. The Balaban J connectivity index is 0.000000226. The standard InChI is InChI=1S/C37H31N2O.C13H12N.Ir/c1-23(2)29-12-9-13-30(24(3)4)36(29)39-34-15-8-7-14-33(34)38-37(39)32-22-40-35-19-18-28(21-31(32)35)27-17-16-25-10-5-6-11-26(25)20-27;1-10-3-6-12(7-4-10)13-8-5-11(2)9-14-13;/h5-21,23-24H,1-4H3;3-6,8-9H,1-2H3;/q2*-1;/i;1D3,2D3;. The Kier molecular flexibility index (Phi) is 8.93. The number of benzene rings is 6. The van der Waals surface area contributed by atoms with Crippen molar-refractivity contribution in [3.63, 3.8) is 0 Å². The summed E-state index contributed by atoms with van der Waals surface area (Å²) < 4.78 is 52.0. The van der Waals surface area contributed by atoms with Gasteiger partial charge in [-0.2, -0.15) is 0 Å². The van der Waals surface area contributed by atoms with Crippen LogP contribution in [0.3, 0.4) is 0 Å². The zero-order valence-electron chi connectivity index (χ0n) is 37.0. The van der Waals surface area contributed by atoms with Crippen molar-refractivity contribution in [2.24, 2.45) is 0 Å². The first kappa shape index (κ1) is 30.7. The molecule has 0 aliphatic heterocycles. The number of furan rings is 1. The van der Waals surface area contributed by atoms with E-state index in [1.54, 1.807) is 12.1 Å². The predicted octanol–water partition coefficient (Wildman–Crippen LogP) is 13.5. The molecule has 0 atom stereocenters. The Hall–Kier alpha value is -5.61. The number of fused-ring (bicyclic) bond motifs is 3. The maximum Gasteiger partial charge on any atom is 0.0774 e. The maximum absolute atomic E-state index is 7.28. The molecule has 55 heavy (non-hydrogen) atoms. The smallest absolute Gasteiger partial charge is 0.0774 e. The molecule has 0 saturated carbocycles. The molecule has 9 aromatic rings. The quantitative estimate of drug-likeness (QED) is 0.156. The number of para-hydroxylation sites is 3. The van der Waals surface area contributed by atoms with Gasteiger partial charge in [-0.1, -0.05) is 143 Å². The number of imidazole rings is 1. The number of nitrogens with zero attached hydrogens (tertiary/aromatic N) is 3. The van der Waals surface area contributed by atoms with E-state index in [-0.39, 0.29) is 31.2 Å². The molecular weight excluding hydrogens is 851 g/mol. The first-order chi connectivity index (χ1) is 28.7. The molecule has 0 aliphatic carbocycles. The Bertz CT molecular complexity index is 2880. The summed E-state index contributed by atoms with van der Waals surface area (Å²) in [4.78, 5) is 9.27. The maximum atomic E-state index is 7.28. The van der Waals surface area contributed by atoms with E-state index in [1.165, 1.54) is 57.5 Å². The second-order valence-electron chi connectivity index (χ2n) is 14.1.